The molecule has 1 atom stereocenters. The quantitative estimate of drug-likeness (QED) is 0.201. The van der Waals surface area contributed by atoms with E-state index in [4.69, 9.17) is 0 Å². The fraction of sp³-hybridized carbons (Fsp3) is 0.263. The molecule has 0 bridgehead atoms. The van der Waals surface area contributed by atoms with Crippen molar-refractivity contribution >= 4 is 0 Å². The predicted molar refractivity (Wildman–Crippen MR) is 173 cm³/mol. The summed E-state index contributed by atoms with van der Waals surface area (Å²) in [4.78, 5) is 0. The fourth-order valence-corrected chi connectivity index (χ4v) is 5.33. The third kappa shape index (κ3) is 7.75. The van der Waals surface area contributed by atoms with Gasteiger partial charge in [0, 0.05) is 23.2 Å². The van der Waals surface area contributed by atoms with Crippen LogP contribution in [-0.4, -0.2) is 6.54 Å². The van der Waals surface area contributed by atoms with Crippen LogP contribution in [0.3, 0.4) is 0 Å². The van der Waals surface area contributed by atoms with Gasteiger partial charge in [-0.15, -0.1) is 11.5 Å². The zero-order valence-corrected chi connectivity index (χ0v) is 24.9. The van der Waals surface area contributed by atoms with Gasteiger partial charge >= 0.3 is 0 Å². The Morgan fingerprint density at radius 1 is 1.18 bits per heavy atom. The molecule has 39 heavy (non-hydrogen) atoms. The number of nitrogens with one attached hydrogen (secondary N) is 1. The van der Waals surface area contributed by atoms with Gasteiger partial charge in [0.05, 0.1) is 0 Å². The van der Waals surface area contributed by atoms with Gasteiger partial charge in [-0.1, -0.05) is 86.9 Å². The first kappa shape index (κ1) is 31.2. The van der Waals surface area contributed by atoms with E-state index >= 15 is 0 Å². The molecule has 0 aromatic heterocycles. The van der Waals surface area contributed by atoms with Gasteiger partial charge in [0.15, 0.2) is 0 Å². The van der Waals surface area contributed by atoms with Crippen LogP contribution >= 0.6 is 0 Å². The first-order valence-corrected chi connectivity index (χ1v) is 13.6. The molecule has 0 fully saturated rings. The molecular formula is C38H45N. The van der Waals surface area contributed by atoms with Crippen LogP contribution in [-0.2, 0) is 0 Å². The van der Waals surface area contributed by atoms with Crippen molar-refractivity contribution in [3.63, 3.8) is 0 Å². The summed E-state index contributed by atoms with van der Waals surface area (Å²) in [6.07, 6.45) is 26.0. The molecule has 0 heterocycles. The van der Waals surface area contributed by atoms with Crippen molar-refractivity contribution in [3.05, 3.63) is 167 Å². The Balaban J connectivity index is 2.46. The molecule has 0 amide bonds. The van der Waals surface area contributed by atoms with Gasteiger partial charge in [0.2, 0.25) is 0 Å². The lowest BCUT2D eigenvalue weighted by Gasteiger charge is -2.40. The van der Waals surface area contributed by atoms with E-state index in [9.17, 15) is 0 Å². The lowest BCUT2D eigenvalue weighted by Crippen LogP contribution is -2.29. The second-order valence-corrected chi connectivity index (χ2v) is 10.2. The van der Waals surface area contributed by atoms with Crippen LogP contribution in [0.4, 0.5) is 0 Å². The molecule has 2 aliphatic rings. The van der Waals surface area contributed by atoms with Crippen molar-refractivity contribution in [3.8, 4) is 0 Å². The van der Waals surface area contributed by atoms with E-state index < -0.39 is 0 Å². The molecule has 1 N–H and O–H groups in total. The molecule has 2 rings (SSSR count). The normalized spacial score (nSPS) is 19.7. The average Bonchev–Trinajstić information content (AvgIpc) is 3.13. The summed E-state index contributed by atoms with van der Waals surface area (Å²) in [6.45, 7) is 30.2. The summed E-state index contributed by atoms with van der Waals surface area (Å²) in [5.41, 5.74) is 18.0. The molecule has 0 saturated heterocycles. The van der Waals surface area contributed by atoms with Crippen molar-refractivity contribution < 1.29 is 0 Å². The molecule has 0 aromatic rings. The van der Waals surface area contributed by atoms with Crippen molar-refractivity contribution in [2.75, 3.05) is 6.54 Å². The van der Waals surface area contributed by atoms with Crippen LogP contribution in [0.15, 0.2) is 167 Å². The highest BCUT2D eigenvalue weighted by molar-refractivity contribution is 5.56. The van der Waals surface area contributed by atoms with E-state index in [1.807, 2.05) is 37.3 Å². The Labute approximate surface area is 237 Å². The zero-order chi connectivity index (χ0) is 29.0. The Kier molecular flexibility index (Phi) is 11.8. The van der Waals surface area contributed by atoms with Gasteiger partial charge in [-0.25, -0.2) is 0 Å². The monoisotopic (exact) mass is 515 g/mol. The van der Waals surface area contributed by atoms with Crippen LogP contribution in [0.25, 0.3) is 0 Å². The predicted octanol–water partition coefficient (Wildman–Crippen LogP) is 10.2. The van der Waals surface area contributed by atoms with E-state index in [1.54, 1.807) is 12.2 Å². The van der Waals surface area contributed by atoms with E-state index in [2.05, 4.69) is 108 Å². The third-order valence-electron chi connectivity index (χ3n) is 7.43. The lowest BCUT2D eigenvalue weighted by atomic mass is 9.65. The van der Waals surface area contributed by atoms with Gasteiger partial charge < -0.3 is 5.32 Å². The van der Waals surface area contributed by atoms with Crippen LogP contribution < -0.4 is 5.32 Å². The SMILES string of the molecule is C=CC=C=C/C=C(\C)C(=C)/C(C=C)=C(/C=C\C)NCCC1=C(C)C(C(=C)C)=CCC1(C)C1=C(C)C=C=CC=C1. The van der Waals surface area contributed by atoms with E-state index in [0.29, 0.717) is 0 Å². The topological polar surface area (TPSA) is 12.0 Å². The minimum absolute atomic E-state index is 0.110. The molecule has 0 aliphatic heterocycles. The first-order chi connectivity index (χ1) is 18.6. The number of allylic oxidation sites excluding steroid dienone is 18. The third-order valence-corrected chi connectivity index (χ3v) is 7.43. The Hall–Kier alpha value is -4.02. The molecule has 0 spiro atoms. The minimum Gasteiger partial charge on any atom is -0.384 e. The van der Waals surface area contributed by atoms with Crippen LogP contribution in [0, 0.1) is 5.41 Å². The molecule has 2 aliphatic carbocycles. The molecule has 0 radical (unpaired) electrons. The summed E-state index contributed by atoms with van der Waals surface area (Å²) >= 11 is 0. The highest BCUT2D eigenvalue weighted by atomic mass is 14.9. The summed E-state index contributed by atoms with van der Waals surface area (Å²) in [6, 6.07) is 0. The van der Waals surface area contributed by atoms with Gasteiger partial charge in [-0.05, 0) is 111 Å². The maximum Gasteiger partial charge on any atom is 0.0416 e. The molecule has 202 valence electrons. The Morgan fingerprint density at radius 3 is 2.56 bits per heavy atom. The van der Waals surface area contributed by atoms with Gasteiger partial charge in [-0.3, -0.25) is 0 Å². The highest BCUT2D eigenvalue weighted by Gasteiger charge is 2.36. The summed E-state index contributed by atoms with van der Waals surface area (Å²) in [5.74, 6) is 0. The smallest absolute Gasteiger partial charge is 0.0416 e. The summed E-state index contributed by atoms with van der Waals surface area (Å²) in [5, 5.41) is 3.71. The van der Waals surface area contributed by atoms with Crippen molar-refractivity contribution in [1.29, 1.82) is 0 Å². The van der Waals surface area contributed by atoms with Crippen molar-refractivity contribution in [2.24, 2.45) is 5.41 Å². The van der Waals surface area contributed by atoms with Gasteiger partial charge in [0.25, 0.3) is 0 Å². The first-order valence-electron chi connectivity index (χ1n) is 13.6. The lowest BCUT2D eigenvalue weighted by molar-refractivity contribution is 0.459. The van der Waals surface area contributed by atoms with Gasteiger partial charge in [0.1, 0.15) is 0 Å². The Morgan fingerprint density at radius 2 is 1.92 bits per heavy atom. The van der Waals surface area contributed by atoms with Gasteiger partial charge in [-0.2, -0.15) is 0 Å². The number of hydrogen-bond donors (Lipinski definition) is 1. The Bertz CT molecular complexity index is 1370. The minimum atomic E-state index is -0.110. The number of rotatable bonds is 12. The van der Waals surface area contributed by atoms with Crippen LogP contribution in [0.1, 0.15) is 54.4 Å². The maximum atomic E-state index is 4.37. The van der Waals surface area contributed by atoms with Crippen molar-refractivity contribution in [2.45, 2.75) is 54.4 Å². The highest BCUT2D eigenvalue weighted by Crippen LogP contribution is 2.49. The molecular weight excluding hydrogens is 470 g/mol. The molecule has 0 saturated carbocycles. The van der Waals surface area contributed by atoms with Crippen LogP contribution in [0.2, 0.25) is 0 Å². The molecule has 1 unspecified atom stereocenters. The molecule has 0 aromatic carbocycles. The molecule has 1 heteroatoms. The number of hydrogen-bond acceptors (Lipinski definition) is 1. The molecule has 1 nitrogen and oxygen atoms in total. The van der Waals surface area contributed by atoms with Crippen LogP contribution in [0.5, 0.6) is 0 Å². The zero-order valence-electron chi connectivity index (χ0n) is 24.9. The summed E-state index contributed by atoms with van der Waals surface area (Å²) in [7, 11) is 0. The second-order valence-electron chi connectivity index (χ2n) is 10.2. The largest absolute Gasteiger partial charge is 0.384 e. The van der Waals surface area contributed by atoms with Crippen molar-refractivity contribution in [1.82, 2.24) is 5.32 Å². The summed E-state index contributed by atoms with van der Waals surface area (Å²) < 4.78 is 0. The second kappa shape index (κ2) is 14.8. The standard InChI is InChI=1S/C38H45N/c1-11-14-15-17-21-29(6)31(8)33(13-3)37(20-12-2)39-27-25-36-32(9)34(28(4)5)24-26-38(36,10)35-23-19-16-18-22-30(35)7/h11-14,16-17,19-24,39H,1,3-4,8,25-27H2,2,5-7,9-10H3/b20-12-,29-21+,37-33-. The van der Waals surface area contributed by atoms with E-state index in [0.717, 1.165) is 47.4 Å². The van der Waals surface area contributed by atoms with E-state index in [-0.39, 0.29) is 5.41 Å². The fourth-order valence-electron chi connectivity index (χ4n) is 5.33. The average molecular weight is 516 g/mol. The van der Waals surface area contributed by atoms with E-state index in [1.165, 1.54) is 27.9 Å². The maximum absolute atomic E-state index is 4.37.